The van der Waals surface area contributed by atoms with E-state index in [1.165, 1.54) is 6.26 Å². The van der Waals surface area contributed by atoms with Gasteiger partial charge in [0.25, 0.3) is 0 Å². The molecule has 0 aliphatic carbocycles. The van der Waals surface area contributed by atoms with Crippen molar-refractivity contribution in [3.63, 3.8) is 0 Å². The van der Waals surface area contributed by atoms with Crippen molar-refractivity contribution in [3.8, 4) is 0 Å². The molecule has 0 radical (unpaired) electrons. The molecule has 1 heterocycles. The summed E-state index contributed by atoms with van der Waals surface area (Å²) < 4.78 is 22.9. The number of benzene rings is 1. The normalized spacial score (nSPS) is 16.1. The second-order valence-electron chi connectivity index (χ2n) is 5.84. The number of piperidine rings is 1. The molecule has 1 aliphatic rings. The quantitative estimate of drug-likeness (QED) is 0.849. The van der Waals surface area contributed by atoms with Crippen LogP contribution in [0.25, 0.3) is 0 Å². The van der Waals surface area contributed by atoms with Crippen molar-refractivity contribution >= 4 is 15.9 Å². The predicted octanol–water partition coefficient (Wildman–Crippen LogP) is 1.37. The van der Waals surface area contributed by atoms with Crippen LogP contribution in [0.1, 0.15) is 25.3 Å². The molecule has 6 nitrogen and oxygen atoms in total. The number of sulfone groups is 1. The summed E-state index contributed by atoms with van der Waals surface area (Å²) in [6.07, 6.45) is 3.14. The molecule has 1 fully saturated rings. The summed E-state index contributed by atoms with van der Waals surface area (Å²) in [6.45, 7) is 4.96. The van der Waals surface area contributed by atoms with Gasteiger partial charge in [-0.2, -0.15) is 0 Å². The van der Waals surface area contributed by atoms with Gasteiger partial charge in [0.05, 0.1) is 4.90 Å². The summed E-state index contributed by atoms with van der Waals surface area (Å²) in [4.78, 5) is 14.5. The van der Waals surface area contributed by atoms with Gasteiger partial charge in [0.2, 0.25) is 0 Å². The summed E-state index contributed by atoms with van der Waals surface area (Å²) in [5.41, 5.74) is 0.882. The minimum absolute atomic E-state index is 0.0633. The lowest BCUT2D eigenvalue weighted by Gasteiger charge is -2.33. The maximum atomic E-state index is 12.4. The van der Waals surface area contributed by atoms with Gasteiger partial charge in [0.15, 0.2) is 9.84 Å². The fourth-order valence-electron chi connectivity index (χ4n) is 2.82. The second kappa shape index (κ2) is 7.79. The largest absolute Gasteiger partial charge is 0.334 e. The highest BCUT2D eigenvalue weighted by atomic mass is 32.2. The number of hydrogen-bond donors (Lipinski definition) is 2. The van der Waals surface area contributed by atoms with Crippen LogP contribution in [0.4, 0.5) is 4.79 Å². The molecular weight excluding hydrogens is 314 g/mol. The molecule has 7 heteroatoms. The van der Waals surface area contributed by atoms with Gasteiger partial charge in [-0.25, -0.2) is 13.2 Å². The van der Waals surface area contributed by atoms with Gasteiger partial charge in [-0.05, 0) is 50.6 Å². The van der Waals surface area contributed by atoms with Crippen LogP contribution in [0.2, 0.25) is 0 Å². The highest BCUT2D eigenvalue weighted by Crippen LogP contribution is 2.13. The Labute approximate surface area is 138 Å². The predicted molar refractivity (Wildman–Crippen MR) is 90.1 cm³/mol. The molecule has 0 aromatic heterocycles. The van der Waals surface area contributed by atoms with Crippen molar-refractivity contribution < 1.29 is 13.2 Å². The zero-order valence-corrected chi connectivity index (χ0v) is 14.5. The van der Waals surface area contributed by atoms with Crippen LogP contribution in [-0.2, 0) is 16.4 Å². The summed E-state index contributed by atoms with van der Waals surface area (Å²) in [7, 11) is -3.18. The van der Waals surface area contributed by atoms with E-state index in [4.69, 9.17) is 0 Å². The van der Waals surface area contributed by atoms with Crippen molar-refractivity contribution in [1.29, 1.82) is 0 Å². The van der Waals surface area contributed by atoms with Gasteiger partial charge < -0.3 is 15.5 Å². The van der Waals surface area contributed by atoms with Gasteiger partial charge in [-0.3, -0.25) is 0 Å². The maximum Gasteiger partial charge on any atom is 0.317 e. The Hall–Kier alpha value is -1.60. The van der Waals surface area contributed by atoms with Crippen LogP contribution in [0.3, 0.4) is 0 Å². The van der Waals surface area contributed by atoms with Crippen LogP contribution in [-0.4, -0.2) is 51.3 Å². The third kappa shape index (κ3) is 4.94. The second-order valence-corrected chi connectivity index (χ2v) is 7.86. The zero-order chi connectivity index (χ0) is 16.9. The van der Waals surface area contributed by atoms with Gasteiger partial charge in [-0.1, -0.05) is 12.1 Å². The molecule has 0 bridgehead atoms. The zero-order valence-electron chi connectivity index (χ0n) is 13.7. The fraction of sp³-hybridized carbons (Fsp3) is 0.562. The Bertz CT molecular complexity index is 622. The Morgan fingerprint density at radius 3 is 2.39 bits per heavy atom. The molecule has 23 heavy (non-hydrogen) atoms. The highest BCUT2D eigenvalue weighted by Gasteiger charge is 2.23. The molecule has 2 N–H and O–H groups in total. The summed E-state index contributed by atoms with van der Waals surface area (Å²) in [5, 5.41) is 6.22. The molecule has 1 saturated heterocycles. The Morgan fingerprint density at radius 2 is 1.87 bits per heavy atom. The standard InChI is InChI=1S/C16H25N3O3S/c1-3-19(14-8-10-17-11-9-14)16(20)18-12-13-4-6-15(7-5-13)23(2,21)22/h4-7,14,17H,3,8-12H2,1-2H3,(H,18,20). The first kappa shape index (κ1) is 17.7. The van der Waals surface area contributed by atoms with E-state index in [0.29, 0.717) is 13.1 Å². The molecule has 2 amide bonds. The topological polar surface area (TPSA) is 78.5 Å². The van der Waals surface area contributed by atoms with E-state index < -0.39 is 9.84 Å². The number of urea groups is 1. The van der Waals surface area contributed by atoms with Crippen LogP contribution in [0, 0.1) is 0 Å². The van der Waals surface area contributed by atoms with E-state index in [2.05, 4.69) is 10.6 Å². The number of carbonyl (C=O) groups excluding carboxylic acids is 1. The van der Waals surface area contributed by atoms with Crippen LogP contribution in [0.5, 0.6) is 0 Å². The first-order valence-electron chi connectivity index (χ1n) is 7.96. The number of nitrogens with one attached hydrogen (secondary N) is 2. The van der Waals surface area contributed by atoms with Crippen molar-refractivity contribution in [2.45, 2.75) is 37.2 Å². The van der Waals surface area contributed by atoms with Crippen LogP contribution in [0.15, 0.2) is 29.2 Å². The molecule has 1 aromatic carbocycles. The maximum absolute atomic E-state index is 12.4. The van der Waals surface area contributed by atoms with Gasteiger partial charge >= 0.3 is 6.03 Å². The number of hydrogen-bond acceptors (Lipinski definition) is 4. The van der Waals surface area contributed by atoms with Gasteiger partial charge in [-0.15, -0.1) is 0 Å². The lowest BCUT2D eigenvalue weighted by atomic mass is 10.1. The number of carbonyl (C=O) groups is 1. The monoisotopic (exact) mass is 339 g/mol. The Morgan fingerprint density at radius 1 is 1.26 bits per heavy atom. The van der Waals surface area contributed by atoms with E-state index in [9.17, 15) is 13.2 Å². The molecule has 0 spiro atoms. The molecule has 1 aliphatic heterocycles. The minimum Gasteiger partial charge on any atom is -0.334 e. The summed E-state index contributed by atoms with van der Waals surface area (Å²) >= 11 is 0. The number of amides is 2. The van der Waals surface area contributed by atoms with Crippen molar-refractivity contribution in [2.75, 3.05) is 25.9 Å². The highest BCUT2D eigenvalue weighted by molar-refractivity contribution is 7.90. The van der Waals surface area contributed by atoms with Crippen molar-refractivity contribution in [3.05, 3.63) is 29.8 Å². The summed E-state index contributed by atoms with van der Waals surface area (Å²) in [5.74, 6) is 0. The molecule has 0 unspecified atom stereocenters. The SMILES string of the molecule is CCN(C(=O)NCc1ccc(S(C)(=O)=O)cc1)C1CCNCC1. The van der Waals surface area contributed by atoms with E-state index in [1.54, 1.807) is 24.3 Å². The Balaban J connectivity index is 1.92. The van der Waals surface area contributed by atoms with Gasteiger partial charge in [0, 0.05) is 25.4 Å². The number of rotatable bonds is 5. The van der Waals surface area contributed by atoms with Gasteiger partial charge in [0.1, 0.15) is 0 Å². The average molecular weight is 339 g/mol. The smallest absolute Gasteiger partial charge is 0.317 e. The lowest BCUT2D eigenvalue weighted by Crippen LogP contribution is -2.49. The third-order valence-electron chi connectivity index (χ3n) is 4.15. The molecule has 128 valence electrons. The summed E-state index contributed by atoms with van der Waals surface area (Å²) in [6, 6.07) is 6.83. The molecule has 0 saturated carbocycles. The molecule has 0 atom stereocenters. The van der Waals surface area contributed by atoms with E-state index in [-0.39, 0.29) is 17.0 Å². The average Bonchev–Trinajstić information content (AvgIpc) is 2.54. The van der Waals surface area contributed by atoms with Crippen LogP contribution >= 0.6 is 0 Å². The van der Waals surface area contributed by atoms with E-state index >= 15 is 0 Å². The molecule has 2 rings (SSSR count). The molecule has 1 aromatic rings. The fourth-order valence-corrected chi connectivity index (χ4v) is 3.45. The van der Waals surface area contributed by atoms with Crippen molar-refractivity contribution in [2.24, 2.45) is 0 Å². The third-order valence-corrected chi connectivity index (χ3v) is 5.27. The molecular formula is C16H25N3O3S. The lowest BCUT2D eigenvalue weighted by molar-refractivity contribution is 0.162. The number of nitrogens with zero attached hydrogens (tertiary/aromatic N) is 1. The van der Waals surface area contributed by atoms with E-state index in [0.717, 1.165) is 31.5 Å². The van der Waals surface area contributed by atoms with E-state index in [1.807, 2.05) is 11.8 Å². The first-order chi connectivity index (χ1) is 10.9. The first-order valence-corrected chi connectivity index (χ1v) is 9.85. The van der Waals surface area contributed by atoms with Crippen LogP contribution < -0.4 is 10.6 Å². The van der Waals surface area contributed by atoms with Crippen molar-refractivity contribution in [1.82, 2.24) is 15.5 Å². The minimum atomic E-state index is -3.18. The Kier molecular flexibility index (Phi) is 6.01.